The molecule has 0 aromatic heterocycles. The Morgan fingerprint density at radius 3 is 2.77 bits per heavy atom. The fourth-order valence-electron chi connectivity index (χ4n) is 2.84. The lowest BCUT2D eigenvalue weighted by atomic mass is 10.2. The number of rotatable bonds is 6. The minimum Gasteiger partial charge on any atom is -0.491 e. The number of benzene rings is 2. The van der Waals surface area contributed by atoms with Gasteiger partial charge in [0.25, 0.3) is 0 Å². The first-order valence-electron chi connectivity index (χ1n) is 8.77. The number of ether oxygens (including phenoxy) is 1. The fraction of sp³-hybridized carbons (Fsp3) is 0.300. The zero-order chi connectivity index (χ0) is 18.4. The SMILES string of the molecule is C[C@H](COc1ccccc1)NC(=S)Nc1cccc(N2CCCC2=O)c1. The Kier molecular flexibility index (Phi) is 6.07. The van der Waals surface area contributed by atoms with Crippen molar-refractivity contribution < 1.29 is 9.53 Å². The molecule has 1 saturated heterocycles. The molecule has 136 valence electrons. The van der Waals surface area contributed by atoms with Crippen LogP contribution in [0.15, 0.2) is 54.6 Å². The van der Waals surface area contributed by atoms with Crippen molar-refractivity contribution in [2.24, 2.45) is 0 Å². The molecule has 2 N–H and O–H groups in total. The summed E-state index contributed by atoms with van der Waals surface area (Å²) in [5.41, 5.74) is 1.76. The standard InChI is InChI=1S/C20H23N3O2S/c1-15(14-25-18-9-3-2-4-10-18)21-20(26)22-16-7-5-8-17(13-16)23-12-6-11-19(23)24/h2-5,7-10,13,15H,6,11-12,14H2,1H3,(H2,21,22,26)/t15-/m1/s1. The molecule has 0 unspecified atom stereocenters. The highest BCUT2D eigenvalue weighted by molar-refractivity contribution is 7.80. The van der Waals surface area contributed by atoms with Crippen molar-refractivity contribution in [3.05, 3.63) is 54.6 Å². The number of amides is 1. The van der Waals surface area contributed by atoms with Crippen LogP contribution in [0.2, 0.25) is 0 Å². The van der Waals surface area contributed by atoms with E-state index < -0.39 is 0 Å². The van der Waals surface area contributed by atoms with Crippen LogP contribution in [0, 0.1) is 0 Å². The van der Waals surface area contributed by atoms with Gasteiger partial charge in [-0.3, -0.25) is 4.79 Å². The fourth-order valence-corrected chi connectivity index (χ4v) is 3.16. The lowest BCUT2D eigenvalue weighted by molar-refractivity contribution is -0.117. The van der Waals surface area contributed by atoms with E-state index in [1.165, 1.54) is 0 Å². The molecule has 1 amide bonds. The molecule has 0 radical (unpaired) electrons. The molecular formula is C20H23N3O2S. The quantitative estimate of drug-likeness (QED) is 0.763. The van der Waals surface area contributed by atoms with Crippen molar-refractivity contribution in [3.63, 3.8) is 0 Å². The summed E-state index contributed by atoms with van der Waals surface area (Å²) in [6.45, 7) is 3.29. The summed E-state index contributed by atoms with van der Waals surface area (Å²) in [7, 11) is 0. The van der Waals surface area contributed by atoms with Gasteiger partial charge < -0.3 is 20.3 Å². The molecule has 5 nitrogen and oxygen atoms in total. The molecule has 0 bridgehead atoms. The molecule has 1 atom stereocenters. The minimum absolute atomic E-state index is 0.0542. The topological polar surface area (TPSA) is 53.6 Å². The van der Waals surface area contributed by atoms with E-state index >= 15 is 0 Å². The Morgan fingerprint density at radius 1 is 1.23 bits per heavy atom. The average molecular weight is 369 g/mol. The average Bonchev–Trinajstić information content (AvgIpc) is 3.07. The smallest absolute Gasteiger partial charge is 0.227 e. The number of thiocarbonyl (C=S) groups is 1. The van der Waals surface area contributed by atoms with Gasteiger partial charge in [-0.2, -0.15) is 0 Å². The highest BCUT2D eigenvalue weighted by Gasteiger charge is 2.21. The maximum atomic E-state index is 11.9. The lowest BCUT2D eigenvalue weighted by Crippen LogP contribution is -2.39. The van der Waals surface area contributed by atoms with Crippen LogP contribution in [0.4, 0.5) is 11.4 Å². The van der Waals surface area contributed by atoms with Crippen molar-refractivity contribution in [3.8, 4) is 5.75 Å². The largest absolute Gasteiger partial charge is 0.491 e. The first-order chi connectivity index (χ1) is 12.6. The number of carbonyl (C=O) groups excluding carboxylic acids is 1. The van der Waals surface area contributed by atoms with E-state index in [2.05, 4.69) is 10.6 Å². The predicted molar refractivity (Wildman–Crippen MR) is 109 cm³/mol. The summed E-state index contributed by atoms with van der Waals surface area (Å²) in [6.07, 6.45) is 1.53. The number of anilines is 2. The molecule has 3 rings (SSSR count). The Hall–Kier alpha value is -2.60. The molecule has 0 spiro atoms. The molecule has 26 heavy (non-hydrogen) atoms. The van der Waals surface area contributed by atoms with E-state index in [1.807, 2.05) is 66.4 Å². The van der Waals surface area contributed by atoms with Crippen LogP contribution in [0.1, 0.15) is 19.8 Å². The summed E-state index contributed by atoms with van der Waals surface area (Å²) < 4.78 is 5.72. The first-order valence-corrected chi connectivity index (χ1v) is 9.18. The molecule has 1 aliphatic rings. The summed E-state index contributed by atoms with van der Waals surface area (Å²) in [5.74, 6) is 1.01. The van der Waals surface area contributed by atoms with Crippen molar-refractivity contribution in [1.29, 1.82) is 0 Å². The van der Waals surface area contributed by atoms with Gasteiger partial charge in [-0.05, 0) is 55.9 Å². The maximum Gasteiger partial charge on any atom is 0.227 e. The molecule has 1 heterocycles. The molecular weight excluding hydrogens is 346 g/mol. The van der Waals surface area contributed by atoms with E-state index in [1.54, 1.807) is 0 Å². The van der Waals surface area contributed by atoms with Crippen LogP contribution in [-0.4, -0.2) is 30.2 Å². The summed E-state index contributed by atoms with van der Waals surface area (Å²) in [4.78, 5) is 13.7. The van der Waals surface area contributed by atoms with E-state index in [0.717, 1.165) is 30.1 Å². The first kappa shape index (κ1) is 18.2. The minimum atomic E-state index is 0.0542. The number of nitrogens with one attached hydrogen (secondary N) is 2. The third kappa shape index (κ3) is 4.95. The second-order valence-corrected chi connectivity index (χ2v) is 6.73. The van der Waals surface area contributed by atoms with Gasteiger partial charge in [0, 0.05) is 24.3 Å². The van der Waals surface area contributed by atoms with Gasteiger partial charge in [0.15, 0.2) is 5.11 Å². The third-order valence-electron chi connectivity index (χ3n) is 4.11. The second kappa shape index (κ2) is 8.67. The predicted octanol–water partition coefficient (Wildman–Crippen LogP) is 3.57. The monoisotopic (exact) mass is 369 g/mol. The summed E-state index contributed by atoms with van der Waals surface area (Å²) >= 11 is 5.39. The summed E-state index contributed by atoms with van der Waals surface area (Å²) in [6, 6.07) is 17.5. The van der Waals surface area contributed by atoms with Crippen LogP contribution in [-0.2, 0) is 4.79 Å². The van der Waals surface area contributed by atoms with Gasteiger partial charge in [0.1, 0.15) is 12.4 Å². The Labute approximate surface area is 159 Å². The number of para-hydroxylation sites is 1. The number of nitrogens with zero attached hydrogens (tertiary/aromatic N) is 1. The summed E-state index contributed by atoms with van der Waals surface area (Å²) in [5, 5.41) is 6.91. The van der Waals surface area contributed by atoms with Crippen LogP contribution in [0.3, 0.4) is 0 Å². The molecule has 0 aliphatic carbocycles. The third-order valence-corrected chi connectivity index (χ3v) is 4.33. The number of hydrogen-bond donors (Lipinski definition) is 2. The van der Waals surface area contributed by atoms with E-state index in [0.29, 0.717) is 18.1 Å². The van der Waals surface area contributed by atoms with Crippen LogP contribution >= 0.6 is 12.2 Å². The molecule has 1 fully saturated rings. The Morgan fingerprint density at radius 2 is 2.04 bits per heavy atom. The van der Waals surface area contributed by atoms with Crippen molar-refractivity contribution in [2.75, 3.05) is 23.4 Å². The van der Waals surface area contributed by atoms with Crippen molar-refractivity contribution in [2.45, 2.75) is 25.8 Å². The number of carbonyl (C=O) groups is 1. The Bertz CT molecular complexity index is 767. The highest BCUT2D eigenvalue weighted by atomic mass is 32.1. The Balaban J connectivity index is 1.50. The van der Waals surface area contributed by atoms with Gasteiger partial charge in [0.2, 0.25) is 5.91 Å². The van der Waals surface area contributed by atoms with Gasteiger partial charge in [-0.15, -0.1) is 0 Å². The lowest BCUT2D eigenvalue weighted by Gasteiger charge is -2.19. The van der Waals surface area contributed by atoms with Crippen LogP contribution in [0.5, 0.6) is 5.75 Å². The van der Waals surface area contributed by atoms with E-state index in [9.17, 15) is 4.79 Å². The molecule has 1 aliphatic heterocycles. The normalized spacial score (nSPS) is 14.8. The van der Waals surface area contributed by atoms with Gasteiger partial charge in [-0.25, -0.2) is 0 Å². The highest BCUT2D eigenvalue weighted by Crippen LogP contribution is 2.24. The van der Waals surface area contributed by atoms with Gasteiger partial charge >= 0.3 is 0 Å². The second-order valence-electron chi connectivity index (χ2n) is 6.32. The molecule has 0 saturated carbocycles. The van der Waals surface area contributed by atoms with Crippen LogP contribution < -0.4 is 20.3 Å². The molecule has 2 aromatic rings. The van der Waals surface area contributed by atoms with Crippen molar-refractivity contribution >= 4 is 34.6 Å². The van der Waals surface area contributed by atoms with Crippen molar-refractivity contribution in [1.82, 2.24) is 5.32 Å². The number of hydrogen-bond acceptors (Lipinski definition) is 3. The molecule has 2 aromatic carbocycles. The zero-order valence-corrected chi connectivity index (χ0v) is 15.6. The van der Waals surface area contributed by atoms with E-state index in [4.69, 9.17) is 17.0 Å². The van der Waals surface area contributed by atoms with Gasteiger partial charge in [0.05, 0.1) is 6.04 Å². The van der Waals surface area contributed by atoms with Gasteiger partial charge in [-0.1, -0.05) is 24.3 Å². The van der Waals surface area contributed by atoms with E-state index in [-0.39, 0.29) is 11.9 Å². The maximum absolute atomic E-state index is 11.9. The zero-order valence-electron chi connectivity index (χ0n) is 14.8. The molecule has 6 heteroatoms. The van der Waals surface area contributed by atoms with Crippen LogP contribution in [0.25, 0.3) is 0 Å².